The molecule has 0 saturated heterocycles. The molecule has 1 aliphatic carbocycles. The highest BCUT2D eigenvalue weighted by atomic mass is 35.5. The van der Waals surface area contributed by atoms with Gasteiger partial charge in [0.25, 0.3) is 0 Å². The standard InChI is InChI=1S/C11H14ClNS/c12-11-10(5-6-14-11)8-3-1-2-4-9(13)7-8/h5-7,9H,1-4,13H2. The van der Waals surface area contributed by atoms with Crippen LogP contribution < -0.4 is 5.73 Å². The van der Waals surface area contributed by atoms with Gasteiger partial charge in [-0.25, -0.2) is 0 Å². The van der Waals surface area contributed by atoms with Gasteiger partial charge < -0.3 is 5.73 Å². The van der Waals surface area contributed by atoms with Gasteiger partial charge in [0.2, 0.25) is 0 Å². The highest BCUT2D eigenvalue weighted by molar-refractivity contribution is 7.14. The van der Waals surface area contributed by atoms with Crippen molar-refractivity contribution in [2.45, 2.75) is 31.7 Å². The predicted molar refractivity (Wildman–Crippen MR) is 63.7 cm³/mol. The molecule has 1 atom stereocenters. The largest absolute Gasteiger partial charge is 0.324 e. The summed E-state index contributed by atoms with van der Waals surface area (Å²) in [7, 11) is 0. The second-order valence-electron chi connectivity index (χ2n) is 3.71. The third-order valence-corrected chi connectivity index (χ3v) is 3.78. The SMILES string of the molecule is NC1C=C(c2ccsc2Cl)CCCC1. The van der Waals surface area contributed by atoms with E-state index in [2.05, 4.69) is 12.1 Å². The van der Waals surface area contributed by atoms with Gasteiger partial charge in [-0.05, 0) is 36.3 Å². The summed E-state index contributed by atoms with van der Waals surface area (Å²) in [5.74, 6) is 0. The Hall–Kier alpha value is -0.310. The van der Waals surface area contributed by atoms with Crippen molar-refractivity contribution >= 4 is 28.5 Å². The summed E-state index contributed by atoms with van der Waals surface area (Å²) in [6.45, 7) is 0. The monoisotopic (exact) mass is 227 g/mol. The van der Waals surface area contributed by atoms with Crippen LogP contribution >= 0.6 is 22.9 Å². The number of rotatable bonds is 1. The highest BCUT2D eigenvalue weighted by Gasteiger charge is 2.12. The molecule has 1 aromatic rings. The zero-order valence-corrected chi connectivity index (χ0v) is 9.57. The maximum atomic E-state index is 6.11. The number of allylic oxidation sites excluding steroid dienone is 1. The molecule has 2 rings (SSSR count). The number of nitrogens with two attached hydrogens (primary N) is 1. The molecular weight excluding hydrogens is 214 g/mol. The third-order valence-electron chi connectivity index (χ3n) is 2.61. The lowest BCUT2D eigenvalue weighted by molar-refractivity contribution is 0.658. The number of hydrogen-bond donors (Lipinski definition) is 1. The van der Waals surface area contributed by atoms with Gasteiger partial charge in [0.05, 0.1) is 0 Å². The van der Waals surface area contributed by atoms with Crippen LogP contribution in [0.4, 0.5) is 0 Å². The van der Waals surface area contributed by atoms with Crippen LogP contribution in [-0.2, 0) is 0 Å². The number of hydrogen-bond acceptors (Lipinski definition) is 2. The molecule has 0 fully saturated rings. The summed E-state index contributed by atoms with van der Waals surface area (Å²) >= 11 is 7.70. The van der Waals surface area contributed by atoms with Crippen molar-refractivity contribution in [3.8, 4) is 0 Å². The van der Waals surface area contributed by atoms with E-state index in [1.165, 1.54) is 24.0 Å². The molecule has 0 saturated carbocycles. The maximum absolute atomic E-state index is 6.11. The summed E-state index contributed by atoms with van der Waals surface area (Å²) in [6.07, 6.45) is 6.85. The van der Waals surface area contributed by atoms with Crippen molar-refractivity contribution in [1.29, 1.82) is 0 Å². The Bertz CT molecular complexity index is 343. The van der Waals surface area contributed by atoms with Crippen LogP contribution in [-0.4, -0.2) is 6.04 Å². The van der Waals surface area contributed by atoms with Crippen LogP contribution in [0, 0.1) is 0 Å². The minimum atomic E-state index is 0.212. The van der Waals surface area contributed by atoms with E-state index in [0.29, 0.717) is 0 Å². The molecule has 76 valence electrons. The molecule has 0 bridgehead atoms. The van der Waals surface area contributed by atoms with E-state index in [0.717, 1.165) is 17.2 Å². The Labute approximate surface area is 93.6 Å². The second-order valence-corrected chi connectivity index (χ2v) is 5.23. The van der Waals surface area contributed by atoms with Crippen molar-refractivity contribution in [2.24, 2.45) is 5.73 Å². The Morgan fingerprint density at radius 1 is 1.43 bits per heavy atom. The molecule has 3 heteroatoms. The quantitative estimate of drug-likeness (QED) is 0.778. The summed E-state index contributed by atoms with van der Waals surface area (Å²) < 4.78 is 0.894. The lowest BCUT2D eigenvalue weighted by Crippen LogP contribution is -2.15. The summed E-state index contributed by atoms with van der Waals surface area (Å²) in [5, 5.41) is 2.04. The molecule has 1 aliphatic rings. The van der Waals surface area contributed by atoms with Gasteiger partial charge in [-0.1, -0.05) is 24.1 Å². The Kier molecular flexibility index (Phi) is 3.26. The molecule has 0 spiro atoms. The molecule has 0 aliphatic heterocycles. The molecule has 0 radical (unpaired) electrons. The molecule has 1 heterocycles. The molecule has 0 amide bonds. The first-order valence-electron chi connectivity index (χ1n) is 4.97. The van der Waals surface area contributed by atoms with E-state index in [9.17, 15) is 0 Å². The fourth-order valence-electron chi connectivity index (χ4n) is 1.87. The minimum absolute atomic E-state index is 0.212. The minimum Gasteiger partial charge on any atom is -0.324 e. The van der Waals surface area contributed by atoms with Crippen LogP contribution in [0.5, 0.6) is 0 Å². The summed E-state index contributed by atoms with van der Waals surface area (Å²) in [4.78, 5) is 0. The van der Waals surface area contributed by atoms with Crippen LogP contribution in [0.15, 0.2) is 17.5 Å². The topological polar surface area (TPSA) is 26.0 Å². The molecule has 1 nitrogen and oxygen atoms in total. The first kappa shape index (κ1) is 10.2. The first-order chi connectivity index (χ1) is 6.77. The average molecular weight is 228 g/mol. The zero-order chi connectivity index (χ0) is 9.97. The van der Waals surface area contributed by atoms with Crippen molar-refractivity contribution in [3.63, 3.8) is 0 Å². The van der Waals surface area contributed by atoms with Gasteiger partial charge >= 0.3 is 0 Å². The Morgan fingerprint density at radius 2 is 2.29 bits per heavy atom. The van der Waals surface area contributed by atoms with Crippen molar-refractivity contribution in [2.75, 3.05) is 0 Å². The van der Waals surface area contributed by atoms with Gasteiger partial charge in [-0.15, -0.1) is 11.3 Å². The molecule has 1 unspecified atom stereocenters. The average Bonchev–Trinajstić information content (AvgIpc) is 2.45. The lowest BCUT2D eigenvalue weighted by atomic mass is 10.0. The van der Waals surface area contributed by atoms with E-state index < -0.39 is 0 Å². The summed E-state index contributed by atoms with van der Waals surface area (Å²) in [6, 6.07) is 2.31. The van der Waals surface area contributed by atoms with Crippen molar-refractivity contribution < 1.29 is 0 Å². The van der Waals surface area contributed by atoms with Gasteiger partial charge in [0, 0.05) is 11.6 Å². The smallest absolute Gasteiger partial charge is 0.100 e. The fourth-order valence-corrected chi connectivity index (χ4v) is 2.86. The van der Waals surface area contributed by atoms with E-state index in [1.54, 1.807) is 11.3 Å². The van der Waals surface area contributed by atoms with Gasteiger partial charge in [0.15, 0.2) is 0 Å². The van der Waals surface area contributed by atoms with E-state index >= 15 is 0 Å². The van der Waals surface area contributed by atoms with Gasteiger partial charge in [-0.3, -0.25) is 0 Å². The molecular formula is C11H14ClNS. The van der Waals surface area contributed by atoms with Crippen molar-refractivity contribution in [1.82, 2.24) is 0 Å². The molecule has 0 aromatic carbocycles. The van der Waals surface area contributed by atoms with Gasteiger partial charge in [0.1, 0.15) is 4.34 Å². The predicted octanol–water partition coefficient (Wildman–Crippen LogP) is 3.69. The van der Waals surface area contributed by atoms with Crippen LogP contribution in [0.2, 0.25) is 4.34 Å². The molecule has 14 heavy (non-hydrogen) atoms. The van der Waals surface area contributed by atoms with E-state index in [4.69, 9.17) is 17.3 Å². The number of halogens is 1. The lowest BCUT2D eigenvalue weighted by Gasteiger charge is -2.05. The van der Waals surface area contributed by atoms with Crippen LogP contribution in [0.25, 0.3) is 5.57 Å². The normalized spacial score (nSPS) is 23.0. The zero-order valence-electron chi connectivity index (χ0n) is 8.00. The summed E-state index contributed by atoms with van der Waals surface area (Å²) in [5.41, 5.74) is 8.49. The Morgan fingerprint density at radius 3 is 3.00 bits per heavy atom. The highest BCUT2D eigenvalue weighted by Crippen LogP contribution is 2.33. The van der Waals surface area contributed by atoms with Crippen LogP contribution in [0.1, 0.15) is 31.2 Å². The second kappa shape index (κ2) is 4.47. The van der Waals surface area contributed by atoms with Crippen LogP contribution in [0.3, 0.4) is 0 Å². The fraction of sp³-hybridized carbons (Fsp3) is 0.455. The van der Waals surface area contributed by atoms with Crippen molar-refractivity contribution in [3.05, 3.63) is 27.4 Å². The number of thiophene rings is 1. The van der Waals surface area contributed by atoms with Gasteiger partial charge in [-0.2, -0.15) is 0 Å². The molecule has 1 aromatic heterocycles. The third kappa shape index (κ3) is 2.19. The molecule has 2 N–H and O–H groups in total. The van der Waals surface area contributed by atoms with E-state index in [1.807, 2.05) is 5.38 Å². The Balaban J connectivity index is 2.28. The van der Waals surface area contributed by atoms with E-state index in [-0.39, 0.29) is 6.04 Å². The first-order valence-corrected chi connectivity index (χ1v) is 6.23. The maximum Gasteiger partial charge on any atom is 0.100 e.